The van der Waals surface area contributed by atoms with E-state index < -0.39 is 5.97 Å². The summed E-state index contributed by atoms with van der Waals surface area (Å²) in [6.07, 6.45) is 2.20. The van der Waals surface area contributed by atoms with Crippen LogP contribution in [0.4, 0.5) is 0 Å². The standard InChI is InChI=1S/C10H15NO3/c1-13-10(12)5-2-6-11-9-4-3-7-14-8-9/h9,11H,3-4,6-8H2,1H3. The molecule has 1 aliphatic heterocycles. The number of ether oxygens (including phenoxy) is 2. The number of hydrogen-bond donors (Lipinski definition) is 1. The van der Waals surface area contributed by atoms with Crippen LogP contribution in [-0.4, -0.2) is 38.9 Å². The summed E-state index contributed by atoms with van der Waals surface area (Å²) in [5, 5.41) is 3.19. The highest BCUT2D eigenvalue weighted by atomic mass is 16.5. The van der Waals surface area contributed by atoms with Gasteiger partial charge in [0.25, 0.3) is 0 Å². The lowest BCUT2D eigenvalue weighted by Gasteiger charge is -2.21. The topological polar surface area (TPSA) is 47.6 Å². The fourth-order valence-electron chi connectivity index (χ4n) is 1.26. The van der Waals surface area contributed by atoms with E-state index in [0.29, 0.717) is 12.6 Å². The van der Waals surface area contributed by atoms with E-state index in [1.54, 1.807) is 0 Å². The van der Waals surface area contributed by atoms with Gasteiger partial charge in [-0.2, -0.15) is 0 Å². The van der Waals surface area contributed by atoms with E-state index in [1.165, 1.54) is 7.11 Å². The van der Waals surface area contributed by atoms with Crippen LogP contribution in [0.25, 0.3) is 0 Å². The van der Waals surface area contributed by atoms with Crippen molar-refractivity contribution in [2.75, 3.05) is 26.9 Å². The summed E-state index contributed by atoms with van der Waals surface area (Å²) in [4.78, 5) is 10.6. The maximum absolute atomic E-state index is 10.6. The molecule has 0 aromatic heterocycles. The predicted octanol–water partition coefficient (Wildman–Crippen LogP) is -0.0686. The van der Waals surface area contributed by atoms with Crippen molar-refractivity contribution in [2.45, 2.75) is 18.9 Å². The Morgan fingerprint density at radius 3 is 3.21 bits per heavy atom. The molecule has 4 nitrogen and oxygen atoms in total. The van der Waals surface area contributed by atoms with E-state index in [0.717, 1.165) is 26.1 Å². The van der Waals surface area contributed by atoms with Crippen LogP contribution in [0.3, 0.4) is 0 Å². The van der Waals surface area contributed by atoms with Crippen molar-refractivity contribution in [1.29, 1.82) is 0 Å². The first-order chi connectivity index (χ1) is 6.83. The van der Waals surface area contributed by atoms with Crippen molar-refractivity contribution >= 4 is 5.97 Å². The summed E-state index contributed by atoms with van der Waals surface area (Å²) in [7, 11) is 1.32. The Kier molecular flexibility index (Phi) is 5.05. The Bertz CT molecular complexity index is 235. The lowest BCUT2D eigenvalue weighted by atomic mass is 10.1. The highest BCUT2D eigenvalue weighted by molar-refractivity contribution is 5.88. The monoisotopic (exact) mass is 197 g/mol. The molecule has 1 fully saturated rings. The molecule has 1 atom stereocenters. The summed E-state index contributed by atoms with van der Waals surface area (Å²) < 4.78 is 9.66. The largest absolute Gasteiger partial charge is 0.459 e. The zero-order valence-corrected chi connectivity index (χ0v) is 8.34. The molecular weight excluding hydrogens is 182 g/mol. The molecule has 1 heterocycles. The molecule has 0 aromatic carbocycles. The molecule has 0 bridgehead atoms. The van der Waals surface area contributed by atoms with Gasteiger partial charge in [0.15, 0.2) is 0 Å². The number of rotatable bonds is 2. The molecule has 0 spiro atoms. The smallest absolute Gasteiger partial charge is 0.384 e. The molecule has 0 aliphatic carbocycles. The van der Waals surface area contributed by atoms with Gasteiger partial charge in [-0.05, 0) is 12.8 Å². The number of esters is 1. The van der Waals surface area contributed by atoms with Crippen molar-refractivity contribution in [3.63, 3.8) is 0 Å². The van der Waals surface area contributed by atoms with Crippen LogP contribution < -0.4 is 5.32 Å². The van der Waals surface area contributed by atoms with Gasteiger partial charge in [0.05, 0.1) is 20.3 Å². The van der Waals surface area contributed by atoms with Gasteiger partial charge in [-0.1, -0.05) is 5.92 Å². The number of carbonyl (C=O) groups excluding carboxylic acids is 1. The highest BCUT2D eigenvalue weighted by Gasteiger charge is 2.11. The van der Waals surface area contributed by atoms with E-state index >= 15 is 0 Å². The van der Waals surface area contributed by atoms with E-state index in [2.05, 4.69) is 21.9 Å². The fraction of sp³-hybridized carbons (Fsp3) is 0.700. The lowest BCUT2D eigenvalue weighted by molar-refractivity contribution is -0.133. The lowest BCUT2D eigenvalue weighted by Crippen LogP contribution is -2.36. The van der Waals surface area contributed by atoms with Gasteiger partial charge in [0.1, 0.15) is 0 Å². The van der Waals surface area contributed by atoms with Gasteiger partial charge in [-0.3, -0.25) is 0 Å². The average Bonchev–Trinajstić information content (AvgIpc) is 2.25. The van der Waals surface area contributed by atoms with Gasteiger partial charge in [-0.15, -0.1) is 0 Å². The second-order valence-electron chi connectivity index (χ2n) is 3.09. The molecule has 1 aliphatic rings. The van der Waals surface area contributed by atoms with Crippen molar-refractivity contribution in [1.82, 2.24) is 5.32 Å². The van der Waals surface area contributed by atoms with Crippen molar-refractivity contribution in [3.8, 4) is 11.8 Å². The Morgan fingerprint density at radius 2 is 2.57 bits per heavy atom. The molecule has 0 aromatic rings. The molecule has 14 heavy (non-hydrogen) atoms. The summed E-state index contributed by atoms with van der Waals surface area (Å²) in [6, 6.07) is 0.371. The van der Waals surface area contributed by atoms with E-state index in [-0.39, 0.29) is 0 Å². The van der Waals surface area contributed by atoms with Crippen molar-refractivity contribution < 1.29 is 14.3 Å². The van der Waals surface area contributed by atoms with Gasteiger partial charge in [0.2, 0.25) is 0 Å². The SMILES string of the molecule is COC(=O)C#CCNC1CCCOC1. The minimum absolute atomic E-state index is 0.371. The third kappa shape index (κ3) is 4.26. The number of methoxy groups -OCH3 is 1. The third-order valence-corrected chi connectivity index (χ3v) is 2.02. The maximum atomic E-state index is 10.6. The Hall–Kier alpha value is -1.05. The van der Waals surface area contributed by atoms with Crippen molar-refractivity contribution in [2.24, 2.45) is 0 Å². The third-order valence-electron chi connectivity index (χ3n) is 2.02. The van der Waals surface area contributed by atoms with Crippen LogP contribution in [0.1, 0.15) is 12.8 Å². The molecular formula is C10H15NO3. The normalized spacial score (nSPS) is 20.8. The first-order valence-corrected chi connectivity index (χ1v) is 4.71. The molecule has 0 radical (unpaired) electrons. The minimum Gasteiger partial charge on any atom is -0.459 e. The minimum atomic E-state index is -0.494. The number of hydrogen-bond acceptors (Lipinski definition) is 4. The van der Waals surface area contributed by atoms with Gasteiger partial charge < -0.3 is 14.8 Å². The van der Waals surface area contributed by atoms with Crippen LogP contribution in [0.5, 0.6) is 0 Å². The highest BCUT2D eigenvalue weighted by Crippen LogP contribution is 2.04. The van der Waals surface area contributed by atoms with Crippen LogP contribution in [0.15, 0.2) is 0 Å². The number of nitrogens with one attached hydrogen (secondary N) is 1. The molecule has 1 N–H and O–H groups in total. The van der Waals surface area contributed by atoms with E-state index in [1.807, 2.05) is 0 Å². The molecule has 0 saturated carbocycles. The van der Waals surface area contributed by atoms with E-state index in [4.69, 9.17) is 4.74 Å². The van der Waals surface area contributed by atoms with Crippen LogP contribution in [0, 0.1) is 11.8 Å². The summed E-state index contributed by atoms with van der Waals surface area (Å²) in [6.45, 7) is 2.09. The van der Waals surface area contributed by atoms with Crippen LogP contribution in [-0.2, 0) is 14.3 Å². The van der Waals surface area contributed by atoms with Crippen molar-refractivity contribution in [3.05, 3.63) is 0 Å². The van der Waals surface area contributed by atoms with Crippen LogP contribution in [0.2, 0.25) is 0 Å². The molecule has 4 heteroatoms. The molecule has 1 rings (SSSR count). The Balaban J connectivity index is 2.12. The second-order valence-corrected chi connectivity index (χ2v) is 3.09. The van der Waals surface area contributed by atoms with Gasteiger partial charge >= 0.3 is 5.97 Å². The summed E-state index contributed by atoms with van der Waals surface area (Å²) in [5.41, 5.74) is 0. The van der Waals surface area contributed by atoms with E-state index in [9.17, 15) is 4.79 Å². The zero-order chi connectivity index (χ0) is 10.2. The summed E-state index contributed by atoms with van der Waals surface area (Å²) >= 11 is 0. The second kappa shape index (κ2) is 6.41. The number of carbonyl (C=O) groups is 1. The maximum Gasteiger partial charge on any atom is 0.384 e. The van der Waals surface area contributed by atoms with Crippen LogP contribution >= 0.6 is 0 Å². The molecule has 1 saturated heterocycles. The quantitative estimate of drug-likeness (QED) is 0.382. The zero-order valence-electron chi connectivity index (χ0n) is 8.34. The Labute approximate surface area is 84.0 Å². The Morgan fingerprint density at radius 1 is 1.71 bits per heavy atom. The van der Waals surface area contributed by atoms with Gasteiger partial charge in [-0.25, -0.2) is 4.79 Å². The van der Waals surface area contributed by atoms with Gasteiger partial charge in [0, 0.05) is 18.6 Å². The molecule has 78 valence electrons. The predicted molar refractivity (Wildman–Crippen MR) is 51.6 cm³/mol. The fourth-order valence-corrected chi connectivity index (χ4v) is 1.26. The first-order valence-electron chi connectivity index (χ1n) is 4.71. The molecule has 0 amide bonds. The summed E-state index contributed by atoms with van der Waals surface area (Å²) in [5.74, 6) is 4.56. The first kappa shape index (κ1) is 11.0. The average molecular weight is 197 g/mol. The molecule has 1 unspecified atom stereocenters.